The van der Waals surface area contributed by atoms with Crippen molar-refractivity contribution >= 4 is 17.2 Å². The van der Waals surface area contributed by atoms with E-state index in [4.69, 9.17) is 16.3 Å². The largest absolute Gasteiger partial charge is 0.386 e. The maximum Gasteiger partial charge on any atom is 0.138 e. The van der Waals surface area contributed by atoms with Crippen molar-refractivity contribution < 1.29 is 14.2 Å². The van der Waals surface area contributed by atoms with Gasteiger partial charge >= 0.3 is 0 Å². The van der Waals surface area contributed by atoms with Gasteiger partial charge in [0.15, 0.2) is 0 Å². The van der Waals surface area contributed by atoms with Crippen molar-refractivity contribution in [1.82, 2.24) is 9.88 Å². The van der Waals surface area contributed by atoms with E-state index in [0.717, 1.165) is 48.4 Å². The van der Waals surface area contributed by atoms with Crippen molar-refractivity contribution in [2.24, 2.45) is 5.92 Å². The van der Waals surface area contributed by atoms with E-state index in [2.05, 4.69) is 34.2 Å². The molecule has 1 fully saturated rings. The summed E-state index contributed by atoms with van der Waals surface area (Å²) in [6.45, 7) is 6.39. The van der Waals surface area contributed by atoms with Gasteiger partial charge < -0.3 is 14.7 Å². The van der Waals surface area contributed by atoms with Gasteiger partial charge in [-0.2, -0.15) is 0 Å². The van der Waals surface area contributed by atoms with Crippen molar-refractivity contribution in [3.05, 3.63) is 94.3 Å². The van der Waals surface area contributed by atoms with Gasteiger partial charge in [0.1, 0.15) is 5.67 Å². The van der Waals surface area contributed by atoms with Crippen LogP contribution in [0, 0.1) is 5.92 Å². The first kappa shape index (κ1) is 25.3. The molecule has 0 amide bonds. The zero-order valence-electron chi connectivity index (χ0n) is 21.0. The van der Waals surface area contributed by atoms with Crippen LogP contribution in [0.5, 0.6) is 0 Å². The molecule has 2 aliphatic heterocycles. The molecule has 1 aromatic carbocycles. The molecule has 1 aromatic heterocycles. The van der Waals surface area contributed by atoms with Gasteiger partial charge in [-0.1, -0.05) is 54.1 Å². The molecule has 36 heavy (non-hydrogen) atoms. The van der Waals surface area contributed by atoms with Crippen LogP contribution >= 0.6 is 11.6 Å². The number of piperidine rings is 1. The molecule has 2 unspecified atom stereocenters. The first-order valence-electron chi connectivity index (χ1n) is 12.8. The maximum absolute atomic E-state index is 15.6. The molecule has 4 nitrogen and oxygen atoms in total. The van der Waals surface area contributed by atoms with Crippen molar-refractivity contribution in [3.63, 3.8) is 0 Å². The molecule has 0 bridgehead atoms. The zero-order chi connectivity index (χ0) is 25.3. The molecular weight excluding hydrogens is 475 g/mol. The summed E-state index contributed by atoms with van der Waals surface area (Å²) in [6, 6.07) is 11.2. The van der Waals surface area contributed by atoms with Crippen LogP contribution in [0.3, 0.4) is 0 Å². The second-order valence-corrected chi connectivity index (χ2v) is 11.0. The summed E-state index contributed by atoms with van der Waals surface area (Å²) >= 11 is 5.99. The monoisotopic (exact) mass is 508 g/mol. The second-order valence-electron chi connectivity index (χ2n) is 10.6. The van der Waals surface area contributed by atoms with Crippen LogP contribution in [0.2, 0.25) is 5.02 Å². The summed E-state index contributed by atoms with van der Waals surface area (Å²) in [5.41, 5.74) is 2.63. The van der Waals surface area contributed by atoms with Crippen molar-refractivity contribution in [3.8, 4) is 0 Å². The van der Waals surface area contributed by atoms with Gasteiger partial charge in [-0.25, -0.2) is 4.39 Å². The number of rotatable bonds is 5. The van der Waals surface area contributed by atoms with Crippen molar-refractivity contribution in [2.75, 3.05) is 19.6 Å². The molecule has 0 saturated carbocycles. The van der Waals surface area contributed by atoms with Crippen LogP contribution in [0.1, 0.15) is 49.9 Å². The number of ether oxygens (including phenoxy) is 1. The number of alkyl halides is 1. The maximum atomic E-state index is 15.6. The Labute approximate surface area is 218 Å². The smallest absolute Gasteiger partial charge is 0.138 e. The summed E-state index contributed by atoms with van der Waals surface area (Å²) in [5, 5.41) is 11.3. The van der Waals surface area contributed by atoms with Gasteiger partial charge in [-0.3, -0.25) is 4.98 Å². The minimum absolute atomic E-state index is 0.00614. The highest BCUT2D eigenvalue weighted by molar-refractivity contribution is 6.30. The second kappa shape index (κ2) is 10.2. The molecule has 0 spiro atoms. The van der Waals surface area contributed by atoms with Crippen LogP contribution in [-0.4, -0.2) is 46.3 Å². The van der Waals surface area contributed by atoms with Gasteiger partial charge in [-0.15, -0.1) is 0 Å². The predicted octanol–water partition coefficient (Wildman–Crippen LogP) is 6.25. The third-order valence-corrected chi connectivity index (χ3v) is 7.93. The fourth-order valence-electron chi connectivity index (χ4n) is 5.48. The van der Waals surface area contributed by atoms with E-state index in [0.29, 0.717) is 24.5 Å². The number of aromatic nitrogens is 1. The fourth-order valence-corrected chi connectivity index (χ4v) is 5.61. The molecule has 3 heterocycles. The Morgan fingerprint density at radius 1 is 1.22 bits per heavy atom. The number of aliphatic hydroxyl groups is 1. The van der Waals surface area contributed by atoms with E-state index in [1.54, 1.807) is 18.3 Å². The Morgan fingerprint density at radius 3 is 2.69 bits per heavy atom. The van der Waals surface area contributed by atoms with Crippen LogP contribution in [0.4, 0.5) is 4.39 Å². The summed E-state index contributed by atoms with van der Waals surface area (Å²) in [7, 11) is 0. The van der Waals surface area contributed by atoms with Gasteiger partial charge in [0, 0.05) is 42.3 Å². The third kappa shape index (κ3) is 5.35. The Bertz CT molecular complexity index is 1170. The lowest BCUT2D eigenvalue weighted by Crippen LogP contribution is -2.40. The normalized spacial score (nSPS) is 25.1. The van der Waals surface area contributed by atoms with E-state index < -0.39 is 11.3 Å². The number of likely N-dealkylation sites (tertiary alicyclic amines) is 1. The summed E-state index contributed by atoms with van der Waals surface area (Å²) in [6.07, 6.45) is 12.0. The van der Waals surface area contributed by atoms with E-state index >= 15 is 4.39 Å². The van der Waals surface area contributed by atoms with Crippen LogP contribution in [0.15, 0.2) is 72.5 Å². The van der Waals surface area contributed by atoms with E-state index in [1.165, 1.54) is 5.57 Å². The number of nitrogens with zero attached hydrogens (tertiary/aromatic N) is 2. The summed E-state index contributed by atoms with van der Waals surface area (Å²) < 4.78 is 21.8. The lowest BCUT2D eigenvalue weighted by molar-refractivity contribution is 0.0559. The Hall–Kier alpha value is -2.31. The van der Waals surface area contributed by atoms with Crippen molar-refractivity contribution in [2.45, 2.75) is 57.1 Å². The number of pyridine rings is 1. The average Bonchev–Trinajstić information content (AvgIpc) is 3.02. The lowest BCUT2D eigenvalue weighted by Gasteiger charge is -2.36. The highest BCUT2D eigenvalue weighted by Crippen LogP contribution is 2.40. The summed E-state index contributed by atoms with van der Waals surface area (Å²) in [5.74, 6) is 0.00614. The predicted molar refractivity (Wildman–Crippen MR) is 142 cm³/mol. The average molecular weight is 509 g/mol. The molecule has 6 heteroatoms. The van der Waals surface area contributed by atoms with E-state index in [-0.39, 0.29) is 12.0 Å². The minimum atomic E-state index is -1.29. The molecule has 2 atom stereocenters. The van der Waals surface area contributed by atoms with Crippen LogP contribution < -0.4 is 0 Å². The standard InChI is InChI=1S/C30H34ClFN2O2/c1-29(2,35)22-9-12-28-26(19-22)24(25-5-3-15-33-27(25)20-36-28)6-4-16-34-17-13-30(32,14-18-34)21-7-10-23(31)11-8-21/h3,5-12,15,19,26,28,35H,4,13-14,16-18,20H2,1-2H3/b24-6+. The molecular formula is C30H34ClFN2O2. The zero-order valence-corrected chi connectivity index (χ0v) is 21.7. The molecule has 1 aliphatic carbocycles. The molecule has 5 rings (SSSR count). The Balaban J connectivity index is 1.31. The van der Waals surface area contributed by atoms with Gasteiger partial charge in [-0.05, 0) is 68.0 Å². The molecule has 1 saturated heterocycles. The third-order valence-electron chi connectivity index (χ3n) is 7.68. The van der Waals surface area contributed by atoms with Crippen LogP contribution in [-0.2, 0) is 17.0 Å². The van der Waals surface area contributed by atoms with E-state index in [1.807, 2.05) is 38.1 Å². The Morgan fingerprint density at radius 2 is 1.97 bits per heavy atom. The number of hydrogen-bond acceptors (Lipinski definition) is 4. The van der Waals surface area contributed by atoms with Crippen LogP contribution in [0.25, 0.3) is 5.57 Å². The van der Waals surface area contributed by atoms with Gasteiger partial charge in [0.25, 0.3) is 0 Å². The van der Waals surface area contributed by atoms with Crippen molar-refractivity contribution in [1.29, 1.82) is 0 Å². The minimum Gasteiger partial charge on any atom is -0.386 e. The SMILES string of the molecule is CC(C)(O)C1=CC2/C(=C/CCN3CCC(F)(c4ccc(Cl)cc4)CC3)c3cccnc3COC2C=C1. The number of fused-ring (bicyclic) bond motifs is 2. The number of halogens is 2. The molecule has 1 N–H and O–H groups in total. The molecule has 0 radical (unpaired) electrons. The summed E-state index contributed by atoms with van der Waals surface area (Å²) in [4.78, 5) is 6.93. The number of hydrogen-bond donors (Lipinski definition) is 1. The quantitative estimate of drug-likeness (QED) is 0.518. The molecule has 2 aromatic rings. The highest BCUT2D eigenvalue weighted by Gasteiger charge is 2.36. The first-order chi connectivity index (χ1) is 17.2. The number of benzene rings is 1. The molecule has 3 aliphatic rings. The lowest BCUT2D eigenvalue weighted by atomic mass is 9.80. The van der Waals surface area contributed by atoms with E-state index in [9.17, 15) is 5.11 Å². The first-order valence-corrected chi connectivity index (χ1v) is 13.2. The highest BCUT2D eigenvalue weighted by atomic mass is 35.5. The Kier molecular flexibility index (Phi) is 7.19. The van der Waals surface area contributed by atoms with Gasteiger partial charge in [0.05, 0.1) is 24.0 Å². The topological polar surface area (TPSA) is 45.6 Å². The molecule has 190 valence electrons. The fraction of sp³-hybridized carbons (Fsp3) is 0.433. The van der Waals surface area contributed by atoms with Gasteiger partial charge in [0.2, 0.25) is 0 Å².